The Morgan fingerprint density at radius 3 is 2.61 bits per heavy atom. The highest BCUT2D eigenvalue weighted by molar-refractivity contribution is 6.04. The number of hydrogen-bond acceptors (Lipinski definition) is 4. The molecule has 3 aromatic rings. The van der Waals surface area contributed by atoms with Crippen LogP contribution in [0.4, 0.5) is 0 Å². The molecule has 7 nitrogen and oxygen atoms in total. The summed E-state index contributed by atoms with van der Waals surface area (Å²) in [5, 5.41) is 10.5. The van der Waals surface area contributed by atoms with Crippen LogP contribution in [0.15, 0.2) is 54.6 Å². The number of carbonyl (C=O) groups excluding carboxylic acids is 2. The van der Waals surface area contributed by atoms with Crippen LogP contribution in [-0.2, 0) is 16.0 Å². The molecule has 0 radical (unpaired) electrons. The Morgan fingerprint density at radius 1 is 1.06 bits per heavy atom. The van der Waals surface area contributed by atoms with Crippen molar-refractivity contribution in [2.75, 3.05) is 26.2 Å². The van der Waals surface area contributed by atoms with Gasteiger partial charge in [0, 0.05) is 31.4 Å². The summed E-state index contributed by atoms with van der Waals surface area (Å²) in [6.45, 7) is 2.41. The highest BCUT2D eigenvalue weighted by atomic mass is 16.5. The number of likely N-dealkylation sites (tertiary alicyclic amines) is 1. The van der Waals surface area contributed by atoms with E-state index < -0.39 is 0 Å². The predicted octanol–water partition coefficient (Wildman–Crippen LogP) is 2.93. The number of hydrogen-bond donors (Lipinski definition) is 2. The average Bonchev–Trinajstić information content (AvgIpc) is 3.24. The summed E-state index contributed by atoms with van der Waals surface area (Å²) < 4.78 is 6.00. The zero-order valence-corrected chi connectivity index (χ0v) is 17.5. The van der Waals surface area contributed by atoms with Crippen LogP contribution in [0, 0.1) is 0 Å². The molecule has 1 aliphatic rings. The van der Waals surface area contributed by atoms with Crippen molar-refractivity contribution in [2.24, 2.45) is 0 Å². The molecule has 1 fully saturated rings. The quantitative estimate of drug-likeness (QED) is 0.587. The molecule has 1 aromatic heterocycles. The highest BCUT2D eigenvalue weighted by Crippen LogP contribution is 2.16. The number of aromatic nitrogens is 2. The molecular weight excluding hydrogens is 392 g/mol. The second-order valence-corrected chi connectivity index (χ2v) is 7.81. The zero-order valence-electron chi connectivity index (χ0n) is 17.5. The maximum Gasteiger partial charge on any atom is 0.272 e. The Hall–Kier alpha value is -3.19. The molecule has 1 saturated heterocycles. The van der Waals surface area contributed by atoms with E-state index in [1.807, 2.05) is 47.4 Å². The molecule has 0 unspecified atom stereocenters. The lowest BCUT2D eigenvalue weighted by Gasteiger charge is -2.32. The van der Waals surface area contributed by atoms with Crippen LogP contribution < -0.4 is 5.32 Å². The van der Waals surface area contributed by atoms with Crippen LogP contribution in [0.1, 0.15) is 35.3 Å². The third kappa shape index (κ3) is 5.49. The van der Waals surface area contributed by atoms with Crippen molar-refractivity contribution in [1.29, 1.82) is 0 Å². The molecule has 31 heavy (non-hydrogen) atoms. The van der Waals surface area contributed by atoms with E-state index in [1.165, 1.54) is 5.56 Å². The summed E-state index contributed by atoms with van der Waals surface area (Å²) in [6, 6.07) is 17.8. The van der Waals surface area contributed by atoms with Crippen molar-refractivity contribution in [3.63, 3.8) is 0 Å². The third-order valence-corrected chi connectivity index (χ3v) is 5.69. The smallest absolute Gasteiger partial charge is 0.272 e. The number of amides is 2. The Kier molecular flexibility index (Phi) is 6.94. The van der Waals surface area contributed by atoms with Crippen molar-refractivity contribution in [2.45, 2.75) is 31.8 Å². The van der Waals surface area contributed by atoms with E-state index in [9.17, 15) is 9.59 Å². The van der Waals surface area contributed by atoms with Gasteiger partial charge in [-0.3, -0.25) is 14.7 Å². The highest BCUT2D eigenvalue weighted by Gasteiger charge is 2.23. The summed E-state index contributed by atoms with van der Waals surface area (Å²) in [4.78, 5) is 26.8. The van der Waals surface area contributed by atoms with Gasteiger partial charge in [-0.2, -0.15) is 5.10 Å². The topological polar surface area (TPSA) is 87.3 Å². The minimum absolute atomic E-state index is 0.0647. The molecule has 0 bridgehead atoms. The number of nitrogens with zero attached hydrogens (tertiary/aromatic N) is 2. The van der Waals surface area contributed by atoms with Gasteiger partial charge in [0.05, 0.1) is 18.2 Å². The van der Waals surface area contributed by atoms with Gasteiger partial charge in [-0.05, 0) is 30.9 Å². The number of piperidine rings is 1. The van der Waals surface area contributed by atoms with Gasteiger partial charge in [0.1, 0.15) is 0 Å². The molecule has 2 N–H and O–H groups in total. The number of rotatable bonds is 8. The van der Waals surface area contributed by atoms with Crippen molar-refractivity contribution < 1.29 is 14.3 Å². The second kappa shape index (κ2) is 10.2. The van der Waals surface area contributed by atoms with E-state index in [0.29, 0.717) is 31.9 Å². The van der Waals surface area contributed by atoms with E-state index in [4.69, 9.17) is 4.74 Å². The number of benzene rings is 2. The van der Waals surface area contributed by atoms with Crippen molar-refractivity contribution in [3.05, 3.63) is 65.9 Å². The van der Waals surface area contributed by atoms with Crippen LogP contribution in [0.5, 0.6) is 0 Å². The second-order valence-electron chi connectivity index (χ2n) is 7.81. The zero-order chi connectivity index (χ0) is 21.5. The third-order valence-electron chi connectivity index (χ3n) is 5.69. The van der Waals surface area contributed by atoms with Gasteiger partial charge >= 0.3 is 0 Å². The molecule has 0 saturated carbocycles. The fraction of sp³-hybridized carbons (Fsp3) is 0.375. The Bertz CT molecular complexity index is 1010. The fourth-order valence-corrected chi connectivity index (χ4v) is 3.92. The van der Waals surface area contributed by atoms with Gasteiger partial charge < -0.3 is 15.0 Å². The molecule has 2 heterocycles. The summed E-state index contributed by atoms with van der Waals surface area (Å²) in [5.41, 5.74) is 2.45. The van der Waals surface area contributed by atoms with E-state index in [2.05, 4.69) is 27.6 Å². The monoisotopic (exact) mass is 420 g/mol. The molecule has 162 valence electrons. The van der Waals surface area contributed by atoms with Crippen LogP contribution in [0.3, 0.4) is 0 Å². The maximum absolute atomic E-state index is 12.5. The SMILES string of the molecule is O=C(NCCC(=O)N1CCC(OCCc2ccccc2)CC1)c1n[nH]c2ccccc12. The first-order valence-electron chi connectivity index (χ1n) is 10.9. The van der Waals surface area contributed by atoms with Crippen molar-refractivity contribution in [1.82, 2.24) is 20.4 Å². The largest absolute Gasteiger partial charge is 0.378 e. The predicted molar refractivity (Wildman–Crippen MR) is 119 cm³/mol. The van der Waals surface area contributed by atoms with Crippen LogP contribution in [0.25, 0.3) is 10.9 Å². The molecular formula is C24H28N4O3. The molecule has 0 atom stereocenters. The van der Waals surface area contributed by atoms with Gasteiger partial charge in [-0.25, -0.2) is 0 Å². The van der Waals surface area contributed by atoms with Gasteiger partial charge in [0.25, 0.3) is 5.91 Å². The van der Waals surface area contributed by atoms with Crippen molar-refractivity contribution >= 4 is 22.7 Å². The molecule has 1 aliphatic heterocycles. The van der Waals surface area contributed by atoms with Gasteiger partial charge in [-0.15, -0.1) is 0 Å². The van der Waals surface area contributed by atoms with E-state index in [1.54, 1.807) is 0 Å². The van der Waals surface area contributed by atoms with Gasteiger partial charge in [-0.1, -0.05) is 48.5 Å². The first-order chi connectivity index (χ1) is 15.2. The number of H-pyrrole nitrogens is 1. The summed E-state index contributed by atoms with van der Waals surface area (Å²) >= 11 is 0. The van der Waals surface area contributed by atoms with Gasteiger partial charge in [0.2, 0.25) is 5.91 Å². The molecule has 2 amide bonds. The summed E-state index contributed by atoms with van der Waals surface area (Å²) in [7, 11) is 0. The average molecular weight is 421 g/mol. The fourth-order valence-electron chi connectivity index (χ4n) is 3.92. The van der Waals surface area contributed by atoms with Crippen LogP contribution >= 0.6 is 0 Å². The molecule has 4 rings (SSSR count). The van der Waals surface area contributed by atoms with Crippen molar-refractivity contribution in [3.8, 4) is 0 Å². The first-order valence-corrected chi connectivity index (χ1v) is 10.9. The Labute approximate surface area is 181 Å². The number of nitrogens with one attached hydrogen (secondary N) is 2. The lowest BCUT2D eigenvalue weighted by atomic mass is 10.1. The molecule has 2 aromatic carbocycles. The number of aromatic amines is 1. The lowest BCUT2D eigenvalue weighted by molar-refractivity contribution is -0.133. The first kappa shape index (κ1) is 21.1. The number of ether oxygens (including phenoxy) is 1. The van der Waals surface area contributed by atoms with E-state index >= 15 is 0 Å². The van der Waals surface area contributed by atoms with Gasteiger partial charge in [0.15, 0.2) is 5.69 Å². The van der Waals surface area contributed by atoms with E-state index in [-0.39, 0.29) is 24.3 Å². The Balaban J connectivity index is 1.14. The molecule has 0 spiro atoms. The molecule has 0 aliphatic carbocycles. The Morgan fingerprint density at radius 2 is 1.81 bits per heavy atom. The molecule has 7 heteroatoms. The summed E-state index contributed by atoms with van der Waals surface area (Å²) in [6.07, 6.45) is 3.11. The van der Waals surface area contributed by atoms with Crippen LogP contribution in [0.2, 0.25) is 0 Å². The standard InChI is InChI=1S/C24H28N4O3/c29-22(10-14-25-24(30)23-20-8-4-5-9-21(20)26-27-23)28-15-11-19(12-16-28)31-17-13-18-6-2-1-3-7-18/h1-9,19H,10-17H2,(H,25,30)(H,26,27). The van der Waals surface area contributed by atoms with Crippen LogP contribution in [-0.4, -0.2) is 59.3 Å². The number of fused-ring (bicyclic) bond motifs is 1. The minimum Gasteiger partial charge on any atom is -0.378 e. The van der Waals surface area contributed by atoms with E-state index in [0.717, 1.165) is 30.2 Å². The minimum atomic E-state index is -0.268. The lowest BCUT2D eigenvalue weighted by Crippen LogP contribution is -2.42. The summed E-state index contributed by atoms with van der Waals surface area (Å²) in [5.74, 6) is -0.203. The number of para-hydroxylation sites is 1. The maximum atomic E-state index is 12.5. The normalized spacial score (nSPS) is 14.6. The number of carbonyl (C=O) groups is 2.